The fourth-order valence-electron chi connectivity index (χ4n) is 2.73. The number of nitrogens with zero attached hydrogens (tertiary/aromatic N) is 1. The van der Waals surface area contributed by atoms with E-state index >= 15 is 0 Å². The van der Waals surface area contributed by atoms with Crippen molar-refractivity contribution in [3.8, 4) is 11.5 Å². The first-order chi connectivity index (χ1) is 14.8. The van der Waals surface area contributed by atoms with Crippen LogP contribution in [0.1, 0.15) is 11.1 Å². The van der Waals surface area contributed by atoms with Crippen LogP contribution < -0.4 is 9.47 Å². The summed E-state index contributed by atoms with van der Waals surface area (Å²) >= 11 is 7.04. The molecule has 0 aromatic heterocycles. The summed E-state index contributed by atoms with van der Waals surface area (Å²) < 4.78 is 28.9. The standard InChI is InChI=1S/C21H17ClFNO6S/c1-28-16-8-13(9-17-20(26)24(21(27)31-17)10-18(25)29-2)7-15(22)19(16)30-11-12-4-3-5-14(23)6-12/h3-9H,10-11H2,1-2H3/b17-9+. The minimum absolute atomic E-state index is 0.0691. The molecule has 1 aliphatic heterocycles. The van der Waals surface area contributed by atoms with Gasteiger partial charge in [0.15, 0.2) is 11.5 Å². The molecule has 0 radical (unpaired) electrons. The predicted octanol–water partition coefficient (Wildman–Crippen LogP) is 4.28. The molecule has 1 aliphatic rings. The zero-order chi connectivity index (χ0) is 22.5. The molecule has 1 saturated heterocycles. The van der Waals surface area contributed by atoms with Crippen molar-refractivity contribution < 1.29 is 33.0 Å². The van der Waals surface area contributed by atoms with Crippen molar-refractivity contribution in [1.29, 1.82) is 0 Å². The molecule has 2 aromatic carbocycles. The van der Waals surface area contributed by atoms with Crippen molar-refractivity contribution >= 4 is 46.6 Å². The molecule has 1 fully saturated rings. The van der Waals surface area contributed by atoms with Gasteiger partial charge in [0.25, 0.3) is 11.1 Å². The summed E-state index contributed by atoms with van der Waals surface area (Å²) in [5.74, 6) is -1.14. The number of rotatable bonds is 7. The summed E-state index contributed by atoms with van der Waals surface area (Å²) in [6.07, 6.45) is 1.47. The van der Waals surface area contributed by atoms with Crippen LogP contribution in [0.3, 0.4) is 0 Å². The Hall–Kier alpha value is -3.04. The quantitative estimate of drug-likeness (QED) is 0.446. The number of carbonyl (C=O) groups is 3. The Morgan fingerprint density at radius 2 is 2.00 bits per heavy atom. The van der Waals surface area contributed by atoms with Crippen molar-refractivity contribution in [2.45, 2.75) is 6.61 Å². The van der Waals surface area contributed by atoms with E-state index in [1.54, 1.807) is 24.3 Å². The van der Waals surface area contributed by atoms with Crippen LogP contribution in [-0.4, -0.2) is 42.8 Å². The highest BCUT2D eigenvalue weighted by molar-refractivity contribution is 8.18. The molecule has 0 spiro atoms. The molecule has 7 nitrogen and oxygen atoms in total. The lowest BCUT2D eigenvalue weighted by Gasteiger charge is -2.14. The highest BCUT2D eigenvalue weighted by Gasteiger charge is 2.36. The summed E-state index contributed by atoms with van der Waals surface area (Å²) in [5, 5.41) is -0.370. The van der Waals surface area contributed by atoms with Gasteiger partial charge in [-0.1, -0.05) is 23.7 Å². The van der Waals surface area contributed by atoms with Gasteiger partial charge in [-0.3, -0.25) is 19.3 Å². The summed E-state index contributed by atoms with van der Waals surface area (Å²) in [4.78, 5) is 36.8. The zero-order valence-corrected chi connectivity index (χ0v) is 18.1. The predicted molar refractivity (Wildman–Crippen MR) is 113 cm³/mol. The van der Waals surface area contributed by atoms with Crippen LogP contribution >= 0.6 is 23.4 Å². The number of esters is 1. The van der Waals surface area contributed by atoms with Crippen molar-refractivity contribution in [3.05, 3.63) is 63.3 Å². The molecule has 31 heavy (non-hydrogen) atoms. The fourth-order valence-corrected chi connectivity index (χ4v) is 3.84. The van der Waals surface area contributed by atoms with Crippen LogP contribution in [0.5, 0.6) is 11.5 Å². The average Bonchev–Trinajstić information content (AvgIpc) is 2.99. The van der Waals surface area contributed by atoms with Gasteiger partial charge in [0.1, 0.15) is 19.0 Å². The van der Waals surface area contributed by atoms with Crippen LogP contribution in [0.2, 0.25) is 5.02 Å². The number of methoxy groups -OCH3 is 2. The Balaban J connectivity index is 1.81. The number of halogens is 2. The Labute approximate surface area is 186 Å². The lowest BCUT2D eigenvalue weighted by molar-refractivity contribution is -0.143. The Morgan fingerprint density at radius 3 is 2.68 bits per heavy atom. The highest BCUT2D eigenvalue weighted by Crippen LogP contribution is 2.39. The molecule has 3 rings (SSSR count). The normalized spacial score (nSPS) is 14.8. The summed E-state index contributed by atoms with van der Waals surface area (Å²) in [6.45, 7) is -0.394. The van der Waals surface area contributed by atoms with E-state index in [-0.39, 0.29) is 28.1 Å². The van der Waals surface area contributed by atoms with Gasteiger partial charge in [-0.15, -0.1) is 0 Å². The zero-order valence-electron chi connectivity index (χ0n) is 16.5. The van der Waals surface area contributed by atoms with E-state index in [2.05, 4.69) is 4.74 Å². The van der Waals surface area contributed by atoms with Crippen LogP contribution in [0, 0.1) is 5.82 Å². The number of imide groups is 1. The van der Waals surface area contributed by atoms with E-state index in [9.17, 15) is 18.8 Å². The molecule has 0 aliphatic carbocycles. The van der Waals surface area contributed by atoms with Gasteiger partial charge >= 0.3 is 5.97 Å². The number of thioether (sulfide) groups is 1. The maximum Gasteiger partial charge on any atom is 0.325 e. The number of benzene rings is 2. The topological polar surface area (TPSA) is 82.1 Å². The number of hydrogen-bond donors (Lipinski definition) is 0. The Morgan fingerprint density at radius 1 is 1.23 bits per heavy atom. The van der Waals surface area contributed by atoms with E-state index in [0.717, 1.165) is 4.90 Å². The summed E-state index contributed by atoms with van der Waals surface area (Å²) in [7, 11) is 2.60. The van der Waals surface area contributed by atoms with Crippen LogP contribution in [0.15, 0.2) is 41.3 Å². The van der Waals surface area contributed by atoms with E-state index in [0.29, 0.717) is 28.6 Å². The van der Waals surface area contributed by atoms with E-state index in [4.69, 9.17) is 21.1 Å². The molecular weight excluding hydrogens is 449 g/mol. The number of ether oxygens (including phenoxy) is 3. The van der Waals surface area contributed by atoms with E-state index in [1.807, 2.05) is 0 Å². The van der Waals surface area contributed by atoms with Gasteiger partial charge in [0.2, 0.25) is 0 Å². The van der Waals surface area contributed by atoms with Gasteiger partial charge < -0.3 is 14.2 Å². The first kappa shape index (κ1) is 22.6. The average molecular weight is 466 g/mol. The van der Waals surface area contributed by atoms with Crippen molar-refractivity contribution in [2.75, 3.05) is 20.8 Å². The molecule has 1 heterocycles. The van der Waals surface area contributed by atoms with Gasteiger partial charge in [-0.25, -0.2) is 4.39 Å². The molecule has 2 amide bonds. The highest BCUT2D eigenvalue weighted by atomic mass is 35.5. The van der Waals surface area contributed by atoms with Crippen molar-refractivity contribution in [3.63, 3.8) is 0 Å². The number of amides is 2. The fraction of sp³-hybridized carbons (Fsp3) is 0.190. The monoisotopic (exact) mass is 465 g/mol. The third-order valence-electron chi connectivity index (χ3n) is 4.21. The molecule has 0 N–H and O–H groups in total. The van der Waals surface area contributed by atoms with Crippen LogP contribution in [-0.2, 0) is 20.9 Å². The third kappa shape index (κ3) is 5.36. The molecular formula is C21H17ClFNO6S. The first-order valence-electron chi connectivity index (χ1n) is 8.89. The second-order valence-electron chi connectivity index (χ2n) is 6.30. The van der Waals surface area contributed by atoms with Crippen LogP contribution in [0.4, 0.5) is 9.18 Å². The first-order valence-corrected chi connectivity index (χ1v) is 10.1. The molecule has 0 saturated carbocycles. The molecule has 0 atom stereocenters. The van der Waals surface area contributed by atoms with Crippen molar-refractivity contribution in [2.24, 2.45) is 0 Å². The number of hydrogen-bond acceptors (Lipinski definition) is 7. The second kappa shape index (κ2) is 9.84. The maximum atomic E-state index is 13.3. The lowest BCUT2D eigenvalue weighted by Crippen LogP contribution is -2.34. The number of carbonyl (C=O) groups excluding carboxylic acids is 3. The van der Waals surface area contributed by atoms with E-state index < -0.39 is 23.7 Å². The lowest BCUT2D eigenvalue weighted by atomic mass is 10.1. The van der Waals surface area contributed by atoms with E-state index in [1.165, 1.54) is 32.4 Å². The van der Waals surface area contributed by atoms with Gasteiger partial charge in [0.05, 0.1) is 24.1 Å². The molecule has 10 heteroatoms. The Bertz CT molecular complexity index is 1070. The molecule has 0 unspecified atom stereocenters. The summed E-state index contributed by atoms with van der Waals surface area (Å²) in [6, 6.07) is 9.09. The van der Waals surface area contributed by atoms with Gasteiger partial charge in [0, 0.05) is 0 Å². The van der Waals surface area contributed by atoms with Crippen LogP contribution in [0.25, 0.3) is 6.08 Å². The molecule has 2 aromatic rings. The smallest absolute Gasteiger partial charge is 0.325 e. The minimum Gasteiger partial charge on any atom is -0.493 e. The minimum atomic E-state index is -0.701. The third-order valence-corrected chi connectivity index (χ3v) is 5.40. The van der Waals surface area contributed by atoms with Gasteiger partial charge in [-0.05, 0) is 53.2 Å². The Kier molecular flexibility index (Phi) is 7.19. The second-order valence-corrected chi connectivity index (χ2v) is 7.70. The molecule has 0 bridgehead atoms. The maximum absolute atomic E-state index is 13.3. The van der Waals surface area contributed by atoms with Crippen molar-refractivity contribution in [1.82, 2.24) is 4.90 Å². The summed E-state index contributed by atoms with van der Waals surface area (Å²) in [5.41, 5.74) is 1.10. The molecule has 162 valence electrons. The van der Waals surface area contributed by atoms with Gasteiger partial charge in [-0.2, -0.15) is 0 Å². The SMILES string of the molecule is COC(=O)CN1C(=O)S/C(=C/c2cc(Cl)c(OCc3cccc(F)c3)c(OC)c2)C1=O. The largest absolute Gasteiger partial charge is 0.493 e.